The van der Waals surface area contributed by atoms with Crippen molar-refractivity contribution in [2.75, 3.05) is 6.61 Å². The van der Waals surface area contributed by atoms with E-state index in [1.54, 1.807) is 19.1 Å². The van der Waals surface area contributed by atoms with Crippen molar-refractivity contribution in [1.82, 2.24) is 0 Å². The number of phenolic OH excluding ortho intramolecular Hbond substituents is 1. The number of benzene rings is 2. The maximum absolute atomic E-state index is 9.42. The van der Waals surface area contributed by atoms with Crippen LogP contribution in [-0.2, 0) is 5.41 Å². The third-order valence-electron chi connectivity index (χ3n) is 3.97. The highest BCUT2D eigenvalue weighted by molar-refractivity contribution is 5.41. The summed E-state index contributed by atoms with van der Waals surface area (Å²) in [4.78, 5) is 0. The van der Waals surface area contributed by atoms with Crippen molar-refractivity contribution in [2.24, 2.45) is 0 Å². The molecule has 2 N–H and O–H groups in total. The summed E-state index contributed by atoms with van der Waals surface area (Å²) in [7, 11) is 0. The average Bonchev–Trinajstić information content (AvgIpc) is 2.48. The Hall–Kier alpha value is -2.00. The summed E-state index contributed by atoms with van der Waals surface area (Å²) < 4.78 is 5.61. The molecule has 0 aromatic heterocycles. The maximum Gasteiger partial charge on any atom is 0.119 e. The normalized spacial score (nSPS) is 12.9. The molecule has 118 valence electrons. The summed E-state index contributed by atoms with van der Waals surface area (Å²) in [5.41, 5.74) is 2.18. The van der Waals surface area contributed by atoms with E-state index in [9.17, 15) is 10.2 Å². The molecular formula is C19H24O3. The summed E-state index contributed by atoms with van der Waals surface area (Å²) >= 11 is 0. The number of hydrogen-bond donors (Lipinski definition) is 2. The Balaban J connectivity index is 2.10. The minimum Gasteiger partial charge on any atom is -0.508 e. The molecule has 0 aliphatic carbocycles. The van der Waals surface area contributed by atoms with E-state index in [1.807, 2.05) is 24.3 Å². The van der Waals surface area contributed by atoms with Crippen LogP contribution in [0.3, 0.4) is 0 Å². The molecular weight excluding hydrogens is 276 g/mol. The molecule has 0 saturated carbocycles. The Labute approximate surface area is 132 Å². The summed E-state index contributed by atoms with van der Waals surface area (Å²) in [6.45, 7) is 6.58. The van der Waals surface area contributed by atoms with E-state index in [1.165, 1.54) is 5.56 Å². The molecule has 0 aliphatic rings. The van der Waals surface area contributed by atoms with Gasteiger partial charge in [0.2, 0.25) is 0 Å². The van der Waals surface area contributed by atoms with E-state index in [-0.39, 0.29) is 17.3 Å². The largest absolute Gasteiger partial charge is 0.508 e. The van der Waals surface area contributed by atoms with Crippen LogP contribution in [-0.4, -0.2) is 22.9 Å². The van der Waals surface area contributed by atoms with E-state index in [0.29, 0.717) is 13.0 Å². The van der Waals surface area contributed by atoms with Gasteiger partial charge in [-0.15, -0.1) is 0 Å². The van der Waals surface area contributed by atoms with E-state index >= 15 is 0 Å². The van der Waals surface area contributed by atoms with Gasteiger partial charge in [0.1, 0.15) is 11.5 Å². The van der Waals surface area contributed by atoms with Crippen molar-refractivity contribution >= 4 is 0 Å². The van der Waals surface area contributed by atoms with Gasteiger partial charge in [-0.2, -0.15) is 0 Å². The fourth-order valence-electron chi connectivity index (χ4n) is 2.36. The number of aliphatic hydroxyl groups excluding tert-OH is 1. The average molecular weight is 300 g/mol. The number of aliphatic hydroxyl groups is 1. The fraction of sp³-hybridized carbons (Fsp3) is 0.368. The van der Waals surface area contributed by atoms with Crippen LogP contribution in [0.5, 0.6) is 11.5 Å². The van der Waals surface area contributed by atoms with Gasteiger partial charge in [0.25, 0.3) is 0 Å². The summed E-state index contributed by atoms with van der Waals surface area (Å²) in [6.07, 6.45) is 0.286. The molecule has 0 bridgehead atoms. The van der Waals surface area contributed by atoms with E-state index in [2.05, 4.69) is 26.0 Å². The molecule has 22 heavy (non-hydrogen) atoms. The van der Waals surface area contributed by atoms with Gasteiger partial charge < -0.3 is 14.9 Å². The second-order valence-electron chi connectivity index (χ2n) is 6.18. The van der Waals surface area contributed by atoms with Crippen LogP contribution in [0.15, 0.2) is 48.5 Å². The number of ether oxygens (including phenoxy) is 1. The smallest absolute Gasteiger partial charge is 0.119 e. The first-order chi connectivity index (χ1) is 10.4. The predicted molar refractivity (Wildman–Crippen MR) is 88.5 cm³/mol. The predicted octanol–water partition coefficient (Wildman–Crippen LogP) is 3.87. The van der Waals surface area contributed by atoms with Crippen LogP contribution < -0.4 is 4.74 Å². The zero-order chi connectivity index (χ0) is 16.2. The number of rotatable bonds is 6. The third kappa shape index (κ3) is 4.01. The monoisotopic (exact) mass is 300 g/mol. The quantitative estimate of drug-likeness (QED) is 0.851. The number of hydrogen-bond acceptors (Lipinski definition) is 3. The maximum atomic E-state index is 9.42. The highest BCUT2D eigenvalue weighted by Gasteiger charge is 2.22. The van der Waals surface area contributed by atoms with Gasteiger partial charge in [-0.25, -0.2) is 0 Å². The molecule has 1 unspecified atom stereocenters. The van der Waals surface area contributed by atoms with E-state index < -0.39 is 0 Å². The topological polar surface area (TPSA) is 49.7 Å². The van der Waals surface area contributed by atoms with Crippen molar-refractivity contribution in [1.29, 1.82) is 0 Å². The lowest BCUT2D eigenvalue weighted by molar-refractivity contribution is 0.155. The SMILES string of the molecule is CC(O)CCOc1ccc(C(C)(C)c2ccc(O)cc2)cc1. The van der Waals surface area contributed by atoms with E-state index in [0.717, 1.165) is 11.3 Å². The molecule has 2 aromatic carbocycles. The molecule has 0 fully saturated rings. The van der Waals surface area contributed by atoms with Crippen LogP contribution in [0.1, 0.15) is 38.3 Å². The standard InChI is InChI=1S/C19H24O3/c1-14(20)12-13-22-18-10-6-16(7-11-18)19(2,3)15-4-8-17(21)9-5-15/h4-11,14,20-21H,12-13H2,1-3H3. The second-order valence-corrected chi connectivity index (χ2v) is 6.18. The number of aromatic hydroxyl groups is 1. The van der Waals surface area contributed by atoms with Crippen molar-refractivity contribution in [3.8, 4) is 11.5 Å². The highest BCUT2D eigenvalue weighted by atomic mass is 16.5. The van der Waals surface area contributed by atoms with Gasteiger partial charge in [-0.3, -0.25) is 0 Å². The molecule has 2 rings (SSSR count). The zero-order valence-electron chi connectivity index (χ0n) is 13.4. The molecule has 3 nitrogen and oxygen atoms in total. The first kappa shape index (κ1) is 16.4. The van der Waals surface area contributed by atoms with Crippen molar-refractivity contribution in [3.63, 3.8) is 0 Å². The highest BCUT2D eigenvalue weighted by Crippen LogP contribution is 2.33. The molecule has 0 spiro atoms. The second kappa shape index (κ2) is 6.84. The van der Waals surface area contributed by atoms with Crippen LogP contribution in [0.25, 0.3) is 0 Å². The van der Waals surface area contributed by atoms with Gasteiger partial charge in [0.05, 0.1) is 12.7 Å². The zero-order valence-corrected chi connectivity index (χ0v) is 13.4. The number of phenols is 1. The van der Waals surface area contributed by atoms with E-state index in [4.69, 9.17) is 4.74 Å². The van der Waals surface area contributed by atoms with Crippen molar-refractivity contribution in [2.45, 2.75) is 38.7 Å². The molecule has 0 saturated heterocycles. The summed E-state index contributed by atoms with van der Waals surface area (Å²) in [5, 5.41) is 18.6. The Kier molecular flexibility index (Phi) is 5.09. The minimum absolute atomic E-state index is 0.147. The molecule has 0 heterocycles. The minimum atomic E-state index is -0.340. The lowest BCUT2D eigenvalue weighted by atomic mass is 9.78. The summed E-state index contributed by atoms with van der Waals surface area (Å²) in [6, 6.07) is 15.4. The Morgan fingerprint density at radius 2 is 1.45 bits per heavy atom. The Bertz CT molecular complexity index is 583. The van der Waals surface area contributed by atoms with Crippen LogP contribution in [0.2, 0.25) is 0 Å². The molecule has 3 heteroatoms. The van der Waals surface area contributed by atoms with Gasteiger partial charge >= 0.3 is 0 Å². The molecule has 0 amide bonds. The summed E-state index contributed by atoms with van der Waals surface area (Å²) in [5.74, 6) is 1.09. The lowest BCUT2D eigenvalue weighted by Crippen LogP contribution is -2.18. The fourth-order valence-corrected chi connectivity index (χ4v) is 2.36. The molecule has 2 aromatic rings. The Morgan fingerprint density at radius 3 is 1.95 bits per heavy atom. The third-order valence-corrected chi connectivity index (χ3v) is 3.97. The molecule has 1 atom stereocenters. The van der Waals surface area contributed by atoms with Crippen LogP contribution >= 0.6 is 0 Å². The van der Waals surface area contributed by atoms with Crippen molar-refractivity contribution in [3.05, 3.63) is 59.7 Å². The lowest BCUT2D eigenvalue weighted by Gasteiger charge is -2.26. The van der Waals surface area contributed by atoms with Gasteiger partial charge in [0, 0.05) is 11.8 Å². The van der Waals surface area contributed by atoms with Crippen LogP contribution in [0.4, 0.5) is 0 Å². The Morgan fingerprint density at radius 1 is 0.955 bits per heavy atom. The molecule has 0 aliphatic heterocycles. The van der Waals surface area contributed by atoms with Crippen molar-refractivity contribution < 1.29 is 14.9 Å². The van der Waals surface area contributed by atoms with Crippen LogP contribution in [0, 0.1) is 0 Å². The first-order valence-electron chi connectivity index (χ1n) is 7.60. The van der Waals surface area contributed by atoms with Gasteiger partial charge in [-0.05, 0) is 42.3 Å². The molecule has 0 radical (unpaired) electrons. The van der Waals surface area contributed by atoms with Gasteiger partial charge in [-0.1, -0.05) is 38.1 Å². The van der Waals surface area contributed by atoms with Gasteiger partial charge in [0.15, 0.2) is 0 Å². The first-order valence-corrected chi connectivity index (χ1v) is 7.60.